The van der Waals surface area contributed by atoms with Crippen molar-refractivity contribution in [2.75, 3.05) is 38.7 Å². The van der Waals surface area contributed by atoms with Crippen LogP contribution < -0.4 is 16.0 Å². The number of aliphatic imine (C=N–C) groups is 1. The number of hydrogen-bond acceptors (Lipinski definition) is 3. The number of guanidine groups is 1. The summed E-state index contributed by atoms with van der Waals surface area (Å²) in [6, 6.07) is 1.70. The normalized spacial score (nSPS) is 11.3. The van der Waals surface area contributed by atoms with E-state index in [9.17, 15) is 18.0 Å². The fourth-order valence-corrected chi connectivity index (χ4v) is 1.93. The minimum Gasteiger partial charge on any atom is -0.381 e. The molecule has 0 aliphatic heterocycles. The Kier molecular flexibility index (Phi) is 10.1. The molecule has 3 N–H and O–H groups in total. The minimum atomic E-state index is -1.63. The Balaban J connectivity index is 2.31. The van der Waals surface area contributed by atoms with Crippen molar-refractivity contribution in [1.82, 2.24) is 10.6 Å². The predicted molar refractivity (Wildman–Crippen MR) is 94.7 cm³/mol. The molecule has 0 saturated heterocycles. The molecule has 0 atom stereocenters. The highest BCUT2D eigenvalue weighted by Gasteiger charge is 2.15. The van der Waals surface area contributed by atoms with Gasteiger partial charge in [0.1, 0.15) is 0 Å². The van der Waals surface area contributed by atoms with E-state index in [1.807, 2.05) is 0 Å². The number of carbonyl (C=O) groups is 1. The first-order valence-electron chi connectivity index (χ1n) is 8.45. The number of hydrogen-bond donors (Lipinski definition) is 3. The number of rotatable bonds is 10. The molecule has 0 fully saturated rings. The van der Waals surface area contributed by atoms with E-state index < -0.39 is 29.0 Å². The Bertz CT molecular complexity index is 612. The van der Waals surface area contributed by atoms with E-state index in [4.69, 9.17) is 4.74 Å². The highest BCUT2D eigenvalue weighted by molar-refractivity contribution is 5.95. The molecule has 0 unspecified atom stereocenters. The topological polar surface area (TPSA) is 74.8 Å². The van der Waals surface area contributed by atoms with E-state index in [1.54, 1.807) is 7.05 Å². The Hall–Kier alpha value is -2.29. The first-order valence-corrected chi connectivity index (χ1v) is 8.45. The number of amides is 1. The summed E-state index contributed by atoms with van der Waals surface area (Å²) < 4.78 is 44.9. The van der Waals surface area contributed by atoms with Crippen LogP contribution in [0, 0.1) is 17.5 Å². The number of halogens is 3. The molecule has 0 saturated carbocycles. The summed E-state index contributed by atoms with van der Waals surface area (Å²) in [6.07, 6.45) is 2.90. The largest absolute Gasteiger partial charge is 0.381 e. The van der Waals surface area contributed by atoms with Crippen LogP contribution in [0.3, 0.4) is 0 Å². The first-order chi connectivity index (χ1) is 12.5. The zero-order valence-corrected chi connectivity index (χ0v) is 15.0. The highest BCUT2D eigenvalue weighted by atomic mass is 19.2. The number of benzene rings is 1. The molecular formula is C17H25F3N4O2. The molecule has 0 radical (unpaired) electrons. The zero-order valence-electron chi connectivity index (χ0n) is 15.0. The number of ether oxygens (including phenoxy) is 1. The summed E-state index contributed by atoms with van der Waals surface area (Å²) in [6.45, 7) is 3.85. The lowest BCUT2D eigenvalue weighted by Gasteiger charge is -2.12. The van der Waals surface area contributed by atoms with E-state index >= 15 is 0 Å². The Morgan fingerprint density at radius 2 is 1.85 bits per heavy atom. The van der Waals surface area contributed by atoms with Crippen LogP contribution in [0.5, 0.6) is 0 Å². The molecule has 26 heavy (non-hydrogen) atoms. The summed E-state index contributed by atoms with van der Waals surface area (Å²) in [5, 5.41) is 7.91. The third kappa shape index (κ3) is 7.73. The molecule has 0 aliphatic carbocycles. The molecule has 0 heterocycles. The van der Waals surface area contributed by atoms with E-state index in [1.165, 1.54) is 0 Å². The second-order valence-electron chi connectivity index (χ2n) is 5.44. The van der Waals surface area contributed by atoms with Crippen LogP contribution in [-0.4, -0.2) is 45.2 Å². The molecule has 1 aromatic rings. The van der Waals surface area contributed by atoms with E-state index in [0.717, 1.165) is 38.0 Å². The minimum absolute atomic E-state index is 0.217. The molecule has 146 valence electrons. The molecule has 1 amide bonds. The van der Waals surface area contributed by atoms with Gasteiger partial charge in [0.2, 0.25) is 5.91 Å². The van der Waals surface area contributed by atoms with Gasteiger partial charge in [-0.1, -0.05) is 13.3 Å². The molecule has 1 aromatic carbocycles. The summed E-state index contributed by atoms with van der Waals surface area (Å²) in [5.41, 5.74) is -0.428. The molecule has 1 rings (SSSR count). The van der Waals surface area contributed by atoms with Gasteiger partial charge in [-0.25, -0.2) is 13.2 Å². The highest BCUT2D eigenvalue weighted by Crippen LogP contribution is 2.19. The molecule has 6 nitrogen and oxygen atoms in total. The molecule has 0 bridgehead atoms. The molecule has 0 aliphatic rings. The summed E-state index contributed by atoms with van der Waals surface area (Å²) >= 11 is 0. The van der Waals surface area contributed by atoms with Crippen molar-refractivity contribution in [2.24, 2.45) is 4.99 Å². The second-order valence-corrected chi connectivity index (χ2v) is 5.44. The van der Waals surface area contributed by atoms with Gasteiger partial charge in [0.15, 0.2) is 23.4 Å². The lowest BCUT2D eigenvalue weighted by atomic mass is 10.2. The zero-order chi connectivity index (χ0) is 19.4. The predicted octanol–water partition coefficient (Wildman–Crippen LogP) is 2.41. The van der Waals surface area contributed by atoms with Gasteiger partial charge in [-0.15, -0.1) is 0 Å². The third-order valence-electron chi connectivity index (χ3n) is 3.35. The average molecular weight is 374 g/mol. The maximum atomic E-state index is 13.5. The van der Waals surface area contributed by atoms with E-state index in [-0.39, 0.29) is 6.54 Å². The summed E-state index contributed by atoms with van der Waals surface area (Å²) in [5.74, 6) is -4.62. The van der Waals surface area contributed by atoms with Gasteiger partial charge < -0.3 is 20.7 Å². The van der Waals surface area contributed by atoms with Crippen molar-refractivity contribution < 1.29 is 22.7 Å². The fourth-order valence-electron chi connectivity index (χ4n) is 1.93. The monoisotopic (exact) mass is 374 g/mol. The van der Waals surface area contributed by atoms with Crippen LogP contribution in [0.15, 0.2) is 17.1 Å². The Morgan fingerprint density at radius 3 is 2.54 bits per heavy atom. The van der Waals surface area contributed by atoms with Gasteiger partial charge >= 0.3 is 0 Å². The van der Waals surface area contributed by atoms with Crippen LogP contribution in [-0.2, 0) is 9.53 Å². The van der Waals surface area contributed by atoms with Crippen LogP contribution in [0.2, 0.25) is 0 Å². The van der Waals surface area contributed by atoms with Crippen LogP contribution in [0.25, 0.3) is 0 Å². The standard InChI is InChI=1S/C17H25F3N4O2/c1-3-4-9-26-10-5-8-22-17(21-2)23-11-14(25)24-13-7-6-12(18)15(19)16(13)20/h6-7H,3-5,8-11H2,1-2H3,(H,24,25)(H2,21,22,23). The van der Waals surface area contributed by atoms with Crippen LogP contribution >= 0.6 is 0 Å². The first kappa shape index (κ1) is 21.8. The van der Waals surface area contributed by atoms with Crippen molar-refractivity contribution in [3.63, 3.8) is 0 Å². The van der Waals surface area contributed by atoms with Crippen molar-refractivity contribution >= 4 is 17.6 Å². The molecule has 0 spiro atoms. The molecular weight excluding hydrogens is 349 g/mol. The number of carbonyl (C=O) groups excluding carboxylic acids is 1. The number of nitrogens with one attached hydrogen (secondary N) is 3. The van der Waals surface area contributed by atoms with E-state index in [0.29, 0.717) is 19.1 Å². The quantitative estimate of drug-likeness (QED) is 0.254. The number of anilines is 1. The lowest BCUT2D eigenvalue weighted by Crippen LogP contribution is -2.42. The summed E-state index contributed by atoms with van der Waals surface area (Å²) in [7, 11) is 1.54. The van der Waals surface area contributed by atoms with Gasteiger partial charge in [0.25, 0.3) is 0 Å². The SMILES string of the molecule is CCCCOCCCNC(=NC)NCC(=O)Nc1ccc(F)c(F)c1F. The Morgan fingerprint density at radius 1 is 1.12 bits per heavy atom. The smallest absolute Gasteiger partial charge is 0.243 e. The fraction of sp³-hybridized carbons (Fsp3) is 0.529. The van der Waals surface area contributed by atoms with Gasteiger partial charge in [-0.05, 0) is 25.0 Å². The van der Waals surface area contributed by atoms with Gasteiger partial charge in [0, 0.05) is 26.8 Å². The lowest BCUT2D eigenvalue weighted by molar-refractivity contribution is -0.115. The maximum Gasteiger partial charge on any atom is 0.243 e. The van der Waals surface area contributed by atoms with Crippen molar-refractivity contribution in [1.29, 1.82) is 0 Å². The molecule has 0 aromatic heterocycles. The third-order valence-corrected chi connectivity index (χ3v) is 3.35. The maximum absolute atomic E-state index is 13.5. The van der Waals surface area contributed by atoms with Crippen LogP contribution in [0.1, 0.15) is 26.2 Å². The average Bonchev–Trinajstić information content (AvgIpc) is 2.64. The van der Waals surface area contributed by atoms with Crippen molar-refractivity contribution in [2.45, 2.75) is 26.2 Å². The Labute approximate surface area is 151 Å². The van der Waals surface area contributed by atoms with Crippen LogP contribution in [0.4, 0.5) is 18.9 Å². The number of nitrogens with zero attached hydrogens (tertiary/aromatic N) is 1. The van der Waals surface area contributed by atoms with Crippen molar-refractivity contribution in [3.8, 4) is 0 Å². The summed E-state index contributed by atoms with van der Waals surface area (Å²) in [4.78, 5) is 15.7. The molecule has 9 heteroatoms. The van der Waals surface area contributed by atoms with Crippen molar-refractivity contribution in [3.05, 3.63) is 29.6 Å². The van der Waals surface area contributed by atoms with E-state index in [2.05, 4.69) is 27.9 Å². The number of unbranched alkanes of at least 4 members (excludes halogenated alkanes) is 1. The van der Waals surface area contributed by atoms with Gasteiger partial charge in [0.05, 0.1) is 12.2 Å². The van der Waals surface area contributed by atoms with Gasteiger partial charge in [-0.3, -0.25) is 9.79 Å². The van der Waals surface area contributed by atoms with Gasteiger partial charge in [-0.2, -0.15) is 0 Å². The second kappa shape index (κ2) is 12.1.